The van der Waals surface area contributed by atoms with Crippen LogP contribution in [0.1, 0.15) is 18.5 Å². The molecule has 1 unspecified atom stereocenters. The highest BCUT2D eigenvalue weighted by Crippen LogP contribution is 2.35. The van der Waals surface area contributed by atoms with E-state index in [4.69, 9.17) is 23.2 Å². The number of imide groups is 1. The van der Waals surface area contributed by atoms with Crippen molar-refractivity contribution < 1.29 is 9.59 Å². The van der Waals surface area contributed by atoms with Crippen LogP contribution in [-0.4, -0.2) is 21.7 Å². The van der Waals surface area contributed by atoms with Gasteiger partial charge in [-0.15, -0.1) is 0 Å². The maximum atomic E-state index is 12.6. The van der Waals surface area contributed by atoms with Crippen LogP contribution >= 0.6 is 23.2 Å². The van der Waals surface area contributed by atoms with Gasteiger partial charge in [0.25, 0.3) is 11.8 Å². The molecular weight excluding hydrogens is 359 g/mol. The third-order valence-electron chi connectivity index (χ3n) is 4.21. The summed E-state index contributed by atoms with van der Waals surface area (Å²) in [5.74, 6) is -0.852. The van der Waals surface area contributed by atoms with Crippen molar-refractivity contribution in [3.05, 3.63) is 76.5 Å². The van der Waals surface area contributed by atoms with Gasteiger partial charge in [0.2, 0.25) is 0 Å². The van der Waals surface area contributed by atoms with E-state index in [0.717, 1.165) is 10.3 Å². The Kier molecular flexibility index (Phi) is 4.50. The number of pyridine rings is 1. The maximum Gasteiger partial charge on any atom is 0.262 e. The predicted molar refractivity (Wildman–Crippen MR) is 99.5 cm³/mol. The molecule has 0 radical (unpaired) electrons. The van der Waals surface area contributed by atoms with Crippen molar-refractivity contribution in [1.82, 2.24) is 9.88 Å². The number of rotatable bonds is 4. The Morgan fingerprint density at radius 2 is 1.72 bits per heavy atom. The first-order chi connectivity index (χ1) is 11.9. The summed E-state index contributed by atoms with van der Waals surface area (Å²) in [5.41, 5.74) is 1.60. The van der Waals surface area contributed by atoms with Crippen molar-refractivity contribution >= 4 is 45.9 Å². The second kappa shape index (κ2) is 6.47. The minimum atomic E-state index is -0.601. The summed E-state index contributed by atoms with van der Waals surface area (Å²) in [6.07, 6.45) is 2.73. The normalized spacial score (nSPS) is 15.9. The quantitative estimate of drug-likeness (QED) is 0.580. The number of aromatic nitrogens is 1. The van der Waals surface area contributed by atoms with Crippen molar-refractivity contribution in [2.45, 2.75) is 13.0 Å². The largest absolute Gasteiger partial charge is 0.269 e. The molecule has 1 aliphatic heterocycles. The van der Waals surface area contributed by atoms with E-state index in [2.05, 4.69) is 18.1 Å². The average Bonchev–Trinajstić information content (AvgIpc) is 2.84. The summed E-state index contributed by atoms with van der Waals surface area (Å²) in [6, 6.07) is 6.56. The standard InChI is InChI=1S/C19H14Cl2N2O2/c1-4-12-13(5-2)19(25)23(18(12)24)10(3)14-9-11-7-6-8-15(20)16(11)22-17(14)21/h4-10H,1-2H2,3H3. The van der Waals surface area contributed by atoms with Crippen LogP contribution in [0.25, 0.3) is 10.9 Å². The van der Waals surface area contributed by atoms with Crippen LogP contribution in [0, 0.1) is 0 Å². The lowest BCUT2D eigenvalue weighted by Crippen LogP contribution is -2.34. The van der Waals surface area contributed by atoms with E-state index in [1.165, 1.54) is 12.2 Å². The van der Waals surface area contributed by atoms with E-state index in [9.17, 15) is 9.59 Å². The zero-order valence-electron chi connectivity index (χ0n) is 13.4. The number of hydrogen-bond acceptors (Lipinski definition) is 3. The van der Waals surface area contributed by atoms with Gasteiger partial charge in [-0.25, -0.2) is 4.98 Å². The lowest BCUT2D eigenvalue weighted by Gasteiger charge is -2.24. The predicted octanol–water partition coefficient (Wildman–Crippen LogP) is 4.64. The van der Waals surface area contributed by atoms with Crippen molar-refractivity contribution in [1.29, 1.82) is 0 Å². The summed E-state index contributed by atoms with van der Waals surface area (Å²) >= 11 is 12.5. The van der Waals surface area contributed by atoms with Crippen molar-refractivity contribution in [3.63, 3.8) is 0 Å². The molecule has 126 valence electrons. The Morgan fingerprint density at radius 3 is 2.28 bits per heavy atom. The van der Waals surface area contributed by atoms with Gasteiger partial charge in [-0.05, 0) is 19.1 Å². The van der Waals surface area contributed by atoms with Gasteiger partial charge in [-0.2, -0.15) is 0 Å². The van der Waals surface area contributed by atoms with E-state index in [-0.39, 0.29) is 16.3 Å². The minimum absolute atomic E-state index is 0.195. The van der Waals surface area contributed by atoms with Crippen LogP contribution in [0.5, 0.6) is 0 Å². The third kappa shape index (κ3) is 2.68. The third-order valence-corrected chi connectivity index (χ3v) is 4.82. The van der Waals surface area contributed by atoms with Crippen LogP contribution in [0.4, 0.5) is 0 Å². The van der Waals surface area contributed by atoms with Crippen molar-refractivity contribution in [2.24, 2.45) is 0 Å². The lowest BCUT2D eigenvalue weighted by molar-refractivity contribution is -0.139. The number of benzene rings is 1. The molecule has 0 saturated carbocycles. The zero-order valence-corrected chi connectivity index (χ0v) is 14.9. The van der Waals surface area contributed by atoms with Gasteiger partial charge in [-0.3, -0.25) is 14.5 Å². The van der Waals surface area contributed by atoms with Crippen molar-refractivity contribution in [2.75, 3.05) is 0 Å². The van der Waals surface area contributed by atoms with Gasteiger partial charge >= 0.3 is 0 Å². The number of hydrogen-bond donors (Lipinski definition) is 0. The molecule has 1 atom stereocenters. The molecule has 3 rings (SSSR count). The molecule has 0 N–H and O–H groups in total. The summed E-state index contributed by atoms with van der Waals surface area (Å²) in [6.45, 7) is 8.93. The smallest absolute Gasteiger partial charge is 0.262 e. The van der Waals surface area contributed by atoms with Crippen LogP contribution in [0.3, 0.4) is 0 Å². The Bertz CT molecular complexity index is 949. The molecule has 25 heavy (non-hydrogen) atoms. The summed E-state index contributed by atoms with van der Waals surface area (Å²) in [7, 11) is 0. The van der Waals surface area contributed by atoms with Gasteiger partial charge in [-0.1, -0.05) is 60.6 Å². The SMILES string of the molecule is C=CC1=C(C=C)C(=O)N(C(C)c2cc3cccc(Cl)c3nc2Cl)C1=O. The van der Waals surface area contributed by atoms with Gasteiger partial charge in [0.1, 0.15) is 5.15 Å². The highest BCUT2D eigenvalue weighted by Gasteiger charge is 2.39. The van der Waals surface area contributed by atoms with Crippen LogP contribution in [0.2, 0.25) is 10.2 Å². The first-order valence-electron chi connectivity index (χ1n) is 7.52. The molecule has 2 aromatic rings. The van der Waals surface area contributed by atoms with E-state index in [1.54, 1.807) is 25.1 Å². The molecule has 0 saturated heterocycles. The van der Waals surface area contributed by atoms with E-state index >= 15 is 0 Å². The first kappa shape index (κ1) is 17.4. The molecule has 0 bridgehead atoms. The van der Waals surface area contributed by atoms with Gasteiger partial charge in [0, 0.05) is 10.9 Å². The van der Waals surface area contributed by atoms with Crippen LogP contribution in [0.15, 0.2) is 60.7 Å². The number of carbonyl (C=O) groups excluding carboxylic acids is 2. The number of fused-ring (bicyclic) bond motifs is 1. The average molecular weight is 373 g/mol. The molecule has 2 amide bonds. The monoisotopic (exact) mass is 372 g/mol. The number of amides is 2. The fourth-order valence-electron chi connectivity index (χ4n) is 2.92. The first-order valence-corrected chi connectivity index (χ1v) is 8.28. The Hall–Kier alpha value is -2.43. The molecule has 0 fully saturated rings. The second-order valence-corrected chi connectivity index (χ2v) is 6.34. The fraction of sp³-hybridized carbons (Fsp3) is 0.105. The molecule has 6 heteroatoms. The molecule has 4 nitrogen and oxygen atoms in total. The number of para-hydroxylation sites is 1. The van der Waals surface area contributed by atoms with E-state index < -0.39 is 17.9 Å². The summed E-state index contributed by atoms with van der Waals surface area (Å²) < 4.78 is 0. The second-order valence-electron chi connectivity index (χ2n) is 5.57. The molecule has 1 aromatic carbocycles. The number of carbonyl (C=O) groups is 2. The Morgan fingerprint density at radius 1 is 1.12 bits per heavy atom. The van der Waals surface area contributed by atoms with Gasteiger partial charge in [0.05, 0.1) is 27.7 Å². The fourth-order valence-corrected chi connectivity index (χ4v) is 3.44. The Labute approximate surface area is 155 Å². The van der Waals surface area contributed by atoms with Crippen LogP contribution in [-0.2, 0) is 9.59 Å². The minimum Gasteiger partial charge on any atom is -0.269 e. The molecule has 1 aromatic heterocycles. The molecular formula is C19H14Cl2N2O2. The highest BCUT2D eigenvalue weighted by molar-refractivity contribution is 6.36. The van der Waals surface area contributed by atoms with E-state index in [0.29, 0.717) is 16.1 Å². The van der Waals surface area contributed by atoms with E-state index in [1.807, 2.05) is 6.07 Å². The molecule has 2 heterocycles. The molecule has 1 aliphatic rings. The topological polar surface area (TPSA) is 50.3 Å². The van der Waals surface area contributed by atoms with Crippen molar-refractivity contribution in [3.8, 4) is 0 Å². The zero-order chi connectivity index (χ0) is 18.3. The summed E-state index contributed by atoms with van der Waals surface area (Å²) in [4.78, 5) is 30.7. The molecule has 0 spiro atoms. The number of nitrogens with zero attached hydrogens (tertiary/aromatic N) is 2. The Balaban J connectivity index is 2.09. The molecule has 0 aliphatic carbocycles. The maximum absolute atomic E-state index is 12.6. The lowest BCUT2D eigenvalue weighted by atomic mass is 10.1. The van der Waals surface area contributed by atoms with Crippen LogP contribution < -0.4 is 0 Å². The van der Waals surface area contributed by atoms with Gasteiger partial charge in [0.15, 0.2) is 0 Å². The highest BCUT2D eigenvalue weighted by atomic mass is 35.5. The summed E-state index contributed by atoms with van der Waals surface area (Å²) in [5, 5.41) is 1.45. The van der Waals surface area contributed by atoms with Gasteiger partial charge < -0.3 is 0 Å². The number of halogens is 2.